The molecular weight excluding hydrogens is 314 g/mol. The van der Waals surface area contributed by atoms with Crippen molar-refractivity contribution >= 4 is 11.6 Å². The van der Waals surface area contributed by atoms with Crippen molar-refractivity contribution < 1.29 is 9.53 Å². The van der Waals surface area contributed by atoms with Gasteiger partial charge in [0, 0.05) is 17.8 Å². The monoisotopic (exact) mass is 331 g/mol. The topological polar surface area (TPSA) is 55.3 Å². The van der Waals surface area contributed by atoms with E-state index < -0.39 is 0 Å². The molecule has 0 saturated carbocycles. The van der Waals surface area contributed by atoms with Gasteiger partial charge >= 0.3 is 0 Å². The number of ether oxygens (including phenoxy) is 1. The number of fused-ring (bicyclic) bond motifs is 1. The lowest BCUT2D eigenvalue weighted by Gasteiger charge is -2.15. The van der Waals surface area contributed by atoms with E-state index in [9.17, 15) is 4.79 Å². The second kappa shape index (κ2) is 6.36. The Morgan fingerprint density at radius 3 is 2.80 bits per heavy atom. The van der Waals surface area contributed by atoms with E-state index in [2.05, 4.69) is 16.0 Å². The van der Waals surface area contributed by atoms with Crippen LogP contribution in [0.1, 0.15) is 27.2 Å². The molecule has 3 aromatic rings. The number of aromatic nitrogens is 2. The molecule has 0 spiro atoms. The van der Waals surface area contributed by atoms with Crippen LogP contribution in [0.4, 0.5) is 5.69 Å². The Bertz CT molecular complexity index is 908. The summed E-state index contributed by atoms with van der Waals surface area (Å²) in [5, 5.41) is 0. The van der Waals surface area contributed by atoms with E-state index in [0.717, 1.165) is 28.1 Å². The maximum Gasteiger partial charge on any atom is 0.258 e. The minimum atomic E-state index is 0.0129. The molecule has 0 atom stereocenters. The van der Waals surface area contributed by atoms with Crippen molar-refractivity contribution in [2.45, 2.75) is 20.1 Å². The summed E-state index contributed by atoms with van der Waals surface area (Å²) in [4.78, 5) is 22.8. The van der Waals surface area contributed by atoms with Crippen LogP contribution in [0.25, 0.3) is 0 Å². The zero-order valence-electron chi connectivity index (χ0n) is 13.8. The van der Waals surface area contributed by atoms with Crippen LogP contribution in [0.5, 0.6) is 5.88 Å². The number of anilines is 1. The number of benzene rings is 1. The van der Waals surface area contributed by atoms with Crippen molar-refractivity contribution in [3.05, 3.63) is 83.3 Å². The van der Waals surface area contributed by atoms with Crippen molar-refractivity contribution in [2.24, 2.45) is 0 Å². The minimum absolute atomic E-state index is 0.0129. The number of amides is 1. The molecular formula is C20H17N3O2. The summed E-state index contributed by atoms with van der Waals surface area (Å²) < 4.78 is 5.64. The highest BCUT2D eigenvalue weighted by Gasteiger charge is 2.28. The normalized spacial score (nSPS) is 13.0. The highest BCUT2D eigenvalue weighted by atomic mass is 16.5. The fraction of sp³-hybridized carbons (Fsp3) is 0.150. The third-order valence-corrected chi connectivity index (χ3v) is 4.19. The quantitative estimate of drug-likeness (QED) is 0.734. The van der Waals surface area contributed by atoms with Gasteiger partial charge in [-0.2, -0.15) is 0 Å². The zero-order valence-corrected chi connectivity index (χ0v) is 13.8. The molecule has 0 aliphatic carbocycles. The van der Waals surface area contributed by atoms with Crippen molar-refractivity contribution in [1.29, 1.82) is 0 Å². The van der Waals surface area contributed by atoms with Crippen LogP contribution in [0.15, 0.2) is 60.9 Å². The first-order valence-electron chi connectivity index (χ1n) is 8.11. The van der Waals surface area contributed by atoms with Gasteiger partial charge in [-0.15, -0.1) is 0 Å². The molecule has 124 valence electrons. The lowest BCUT2D eigenvalue weighted by Crippen LogP contribution is -2.23. The van der Waals surface area contributed by atoms with Crippen LogP contribution < -0.4 is 9.64 Å². The van der Waals surface area contributed by atoms with Gasteiger partial charge in [0.05, 0.1) is 24.1 Å². The number of carbonyl (C=O) groups excluding carboxylic acids is 1. The molecule has 1 aliphatic rings. The predicted octanol–water partition coefficient (Wildman–Crippen LogP) is 3.52. The Morgan fingerprint density at radius 2 is 2.04 bits per heavy atom. The highest BCUT2D eigenvalue weighted by molar-refractivity contribution is 6.09. The number of aryl methyl sites for hydroxylation is 1. The lowest BCUT2D eigenvalue weighted by molar-refractivity contribution is 0.0996. The van der Waals surface area contributed by atoms with Gasteiger partial charge < -0.3 is 9.64 Å². The third kappa shape index (κ3) is 3.08. The maximum atomic E-state index is 12.6. The smallest absolute Gasteiger partial charge is 0.258 e. The van der Waals surface area contributed by atoms with Crippen LogP contribution >= 0.6 is 0 Å². The fourth-order valence-electron chi connectivity index (χ4n) is 2.91. The van der Waals surface area contributed by atoms with Gasteiger partial charge in [-0.25, -0.2) is 4.98 Å². The molecule has 1 aromatic carbocycles. The summed E-state index contributed by atoms with van der Waals surface area (Å²) in [5.74, 6) is 0.522. The molecule has 0 N–H and O–H groups in total. The average Bonchev–Trinajstić information content (AvgIpc) is 2.97. The van der Waals surface area contributed by atoms with Gasteiger partial charge in [0.15, 0.2) is 0 Å². The summed E-state index contributed by atoms with van der Waals surface area (Å²) in [6, 6.07) is 15.2. The largest absolute Gasteiger partial charge is 0.471 e. The second-order valence-corrected chi connectivity index (χ2v) is 6.02. The summed E-state index contributed by atoms with van der Waals surface area (Å²) in [7, 11) is 0. The number of carbonyl (C=O) groups is 1. The molecule has 0 radical (unpaired) electrons. The van der Waals surface area contributed by atoms with Crippen LogP contribution in [0, 0.1) is 6.92 Å². The van der Waals surface area contributed by atoms with Crippen molar-refractivity contribution in [1.82, 2.24) is 9.97 Å². The molecule has 3 heterocycles. The summed E-state index contributed by atoms with van der Waals surface area (Å²) in [5.41, 5.74) is 4.59. The number of nitrogens with zero attached hydrogens (tertiary/aromatic N) is 3. The van der Waals surface area contributed by atoms with Gasteiger partial charge in [-0.3, -0.25) is 9.78 Å². The van der Waals surface area contributed by atoms with E-state index in [-0.39, 0.29) is 5.91 Å². The van der Waals surface area contributed by atoms with Gasteiger partial charge in [-0.1, -0.05) is 23.8 Å². The molecule has 2 aromatic heterocycles. The zero-order chi connectivity index (χ0) is 17.2. The van der Waals surface area contributed by atoms with E-state index in [0.29, 0.717) is 19.0 Å². The minimum Gasteiger partial charge on any atom is -0.471 e. The first-order valence-corrected chi connectivity index (χ1v) is 8.11. The second-order valence-electron chi connectivity index (χ2n) is 6.02. The molecule has 5 heteroatoms. The van der Waals surface area contributed by atoms with E-state index in [4.69, 9.17) is 4.74 Å². The van der Waals surface area contributed by atoms with Crippen molar-refractivity contribution in [3.63, 3.8) is 0 Å². The summed E-state index contributed by atoms with van der Waals surface area (Å²) >= 11 is 0. The van der Waals surface area contributed by atoms with Crippen LogP contribution in [0.2, 0.25) is 0 Å². The van der Waals surface area contributed by atoms with Crippen LogP contribution in [0.3, 0.4) is 0 Å². The lowest BCUT2D eigenvalue weighted by atomic mass is 10.1. The molecule has 0 unspecified atom stereocenters. The van der Waals surface area contributed by atoms with Crippen LogP contribution in [-0.4, -0.2) is 15.9 Å². The third-order valence-electron chi connectivity index (χ3n) is 4.19. The Hall–Kier alpha value is -3.21. The first kappa shape index (κ1) is 15.3. The molecule has 4 rings (SSSR count). The molecule has 5 nitrogen and oxygen atoms in total. The number of hydrogen-bond acceptors (Lipinski definition) is 4. The SMILES string of the molecule is Cc1ccc2c(c1)CN(c1ccc(OCc3ccccn3)nc1)C2=O. The number of rotatable bonds is 4. The fourth-order valence-corrected chi connectivity index (χ4v) is 2.91. The van der Waals surface area contributed by atoms with Gasteiger partial charge in [0.2, 0.25) is 5.88 Å². The first-order chi connectivity index (χ1) is 12.2. The van der Waals surface area contributed by atoms with Gasteiger partial charge in [-0.05, 0) is 36.8 Å². The Morgan fingerprint density at radius 1 is 1.12 bits per heavy atom. The Balaban J connectivity index is 1.47. The van der Waals surface area contributed by atoms with E-state index in [1.165, 1.54) is 0 Å². The maximum absolute atomic E-state index is 12.6. The van der Waals surface area contributed by atoms with E-state index in [1.54, 1.807) is 23.4 Å². The standard InChI is InChI=1S/C20H17N3O2/c1-14-5-7-18-15(10-14)12-23(20(18)24)17-6-8-19(22-11-17)25-13-16-4-2-3-9-21-16/h2-11H,12-13H2,1H3. The number of pyridine rings is 2. The summed E-state index contributed by atoms with van der Waals surface area (Å²) in [6.07, 6.45) is 3.40. The molecule has 0 bridgehead atoms. The summed E-state index contributed by atoms with van der Waals surface area (Å²) in [6.45, 7) is 2.97. The van der Waals surface area contributed by atoms with Gasteiger partial charge in [0.25, 0.3) is 5.91 Å². The van der Waals surface area contributed by atoms with E-state index in [1.807, 2.05) is 43.3 Å². The van der Waals surface area contributed by atoms with E-state index >= 15 is 0 Å². The molecule has 0 saturated heterocycles. The molecule has 25 heavy (non-hydrogen) atoms. The predicted molar refractivity (Wildman–Crippen MR) is 94.5 cm³/mol. The van der Waals surface area contributed by atoms with Gasteiger partial charge in [0.1, 0.15) is 6.61 Å². The molecule has 1 amide bonds. The Kier molecular flexibility index (Phi) is 3.90. The van der Waals surface area contributed by atoms with Crippen molar-refractivity contribution in [3.8, 4) is 5.88 Å². The van der Waals surface area contributed by atoms with Crippen molar-refractivity contribution in [2.75, 3.05) is 4.90 Å². The molecule has 0 fully saturated rings. The van der Waals surface area contributed by atoms with Crippen LogP contribution in [-0.2, 0) is 13.2 Å². The molecule has 1 aliphatic heterocycles. The number of hydrogen-bond donors (Lipinski definition) is 0. The highest BCUT2D eigenvalue weighted by Crippen LogP contribution is 2.29. The average molecular weight is 331 g/mol. The Labute approximate surface area is 145 Å².